The first-order valence-electron chi connectivity index (χ1n) is 3.42. The fraction of sp³-hybridized carbons (Fsp3) is 1.00. The summed E-state index contributed by atoms with van der Waals surface area (Å²) in [5.74, 6) is 2.37. The topological polar surface area (TPSA) is 3.24 Å². The lowest BCUT2D eigenvalue weighted by molar-refractivity contribution is 0.408. The van der Waals surface area contributed by atoms with Crippen molar-refractivity contribution in [1.29, 1.82) is 0 Å². The molecule has 0 N–H and O–H groups in total. The Morgan fingerprint density at radius 2 is 2.00 bits per heavy atom. The van der Waals surface area contributed by atoms with E-state index in [2.05, 4.69) is 24.8 Å². The second-order valence-corrected chi connectivity index (χ2v) is 4.22. The quantitative estimate of drug-likeness (QED) is 0.401. The van der Waals surface area contributed by atoms with Crippen molar-refractivity contribution in [3.05, 3.63) is 0 Å². The highest BCUT2D eigenvalue weighted by Crippen LogP contribution is 1.88. The van der Waals surface area contributed by atoms with Crippen molar-refractivity contribution in [2.24, 2.45) is 0 Å². The predicted molar refractivity (Wildman–Crippen MR) is 41.0 cm³/mol. The van der Waals surface area contributed by atoms with Gasteiger partial charge < -0.3 is 4.90 Å². The molecule has 0 heterocycles. The van der Waals surface area contributed by atoms with Crippen LogP contribution in [0.3, 0.4) is 0 Å². The van der Waals surface area contributed by atoms with Crippen LogP contribution in [0.1, 0.15) is 6.42 Å². The summed E-state index contributed by atoms with van der Waals surface area (Å²) in [5.41, 5.74) is 0. The molecule has 0 rings (SSSR count). The second kappa shape index (κ2) is 5.63. The maximum atomic E-state index is 2.37. The molecule has 0 amide bonds. The molecule has 0 aromatic rings. The second-order valence-electron chi connectivity index (χ2n) is 2.51. The van der Waals surface area contributed by atoms with Crippen LogP contribution in [0.15, 0.2) is 0 Å². The maximum absolute atomic E-state index is 2.37. The molecule has 0 aromatic heterocycles. The first kappa shape index (κ1) is 8.49. The molecule has 0 aliphatic rings. The summed E-state index contributed by atoms with van der Waals surface area (Å²) in [6.07, 6.45) is 1.41. The molecule has 8 heavy (non-hydrogen) atoms. The van der Waals surface area contributed by atoms with E-state index < -0.39 is 0 Å². The van der Waals surface area contributed by atoms with Crippen molar-refractivity contribution in [2.45, 2.75) is 17.5 Å². The van der Waals surface area contributed by atoms with Gasteiger partial charge in [0.25, 0.3) is 0 Å². The highest BCUT2D eigenvalue weighted by Gasteiger charge is 1.88. The first-order chi connectivity index (χ1) is 3.77. The minimum Gasteiger partial charge on any atom is -0.309 e. The first-order valence-corrected chi connectivity index (χ1v) is 5.83. The van der Waals surface area contributed by atoms with Gasteiger partial charge in [0.1, 0.15) is 0 Å². The predicted octanol–water partition coefficient (Wildman–Crippen LogP) is 0.841. The number of nitrogens with zero attached hydrogens (tertiary/aromatic N) is 1. The zero-order valence-electron chi connectivity index (χ0n) is 6.28. The van der Waals surface area contributed by atoms with Gasteiger partial charge in [-0.15, -0.1) is 5.79 Å². The van der Waals surface area contributed by atoms with Gasteiger partial charge in [-0.25, -0.2) is 0 Å². The zero-order chi connectivity index (χ0) is 6.41. The lowest BCUT2D eigenvalue weighted by Gasteiger charge is -2.06. The third-order valence-electron chi connectivity index (χ3n) is 1.21. The summed E-state index contributed by atoms with van der Waals surface area (Å²) in [5, 5.41) is 1.51. The summed E-state index contributed by atoms with van der Waals surface area (Å²) in [4.78, 5) is 2.25. The Hall–Kier alpha value is 0.492. The van der Waals surface area contributed by atoms with Gasteiger partial charge in [0.05, 0.1) is 0 Å². The van der Waals surface area contributed by atoms with Crippen LogP contribution < -0.4 is 0 Å². The van der Waals surface area contributed by atoms with E-state index in [9.17, 15) is 0 Å². The molecule has 0 aliphatic carbocycles. The average molecular weight is 129 g/mol. The Balaban J connectivity index is 2.72. The number of hydrogen-bond acceptors (Lipinski definition) is 1. The molecule has 0 saturated heterocycles. The van der Waals surface area contributed by atoms with Crippen molar-refractivity contribution in [3.8, 4) is 0 Å². The molecule has 0 radical (unpaired) electrons. The van der Waals surface area contributed by atoms with Crippen molar-refractivity contribution in [3.63, 3.8) is 0 Å². The third kappa shape index (κ3) is 6.49. The molecule has 0 unspecified atom stereocenters. The number of rotatable bonds is 4. The minimum absolute atomic E-state index is 0.344. The van der Waals surface area contributed by atoms with E-state index in [-0.39, 0.29) is 0 Å². The molecule has 2 heteroatoms. The molecule has 48 valence electrons. The fourth-order valence-corrected chi connectivity index (χ4v) is 1.40. The summed E-state index contributed by atoms with van der Waals surface area (Å²) in [6.45, 7) is 1.28. The number of hydrogen-bond donors (Lipinski definition) is 0. The van der Waals surface area contributed by atoms with Gasteiger partial charge in [0, 0.05) is 0 Å². The lowest BCUT2D eigenvalue weighted by Crippen LogP contribution is -2.12. The highest BCUT2D eigenvalue weighted by molar-refractivity contribution is 6.33. The van der Waals surface area contributed by atoms with Crippen molar-refractivity contribution in [1.82, 2.24) is 4.90 Å². The van der Waals surface area contributed by atoms with E-state index in [1.54, 1.807) is 0 Å². The molecule has 0 aromatic carbocycles. The molecule has 0 saturated carbocycles. The Morgan fingerprint density at radius 1 is 1.38 bits per heavy atom. The van der Waals surface area contributed by atoms with Gasteiger partial charge in [-0.2, -0.15) is 0 Å². The van der Waals surface area contributed by atoms with Crippen LogP contribution in [0.25, 0.3) is 0 Å². The molecule has 0 fully saturated rings. The highest BCUT2D eigenvalue weighted by atomic mass is 27.1. The molecule has 1 nitrogen and oxygen atoms in total. The summed E-state index contributed by atoms with van der Waals surface area (Å²) < 4.78 is 0. The lowest BCUT2D eigenvalue weighted by atomic mass is 10.5. The summed E-state index contributed by atoms with van der Waals surface area (Å²) in [7, 11) is 4.27. The van der Waals surface area contributed by atoms with Gasteiger partial charge in [-0.3, -0.25) is 0 Å². The Morgan fingerprint density at radius 3 is 2.38 bits per heavy atom. The largest absolute Gasteiger partial charge is 0.309 e. The minimum atomic E-state index is 0.344. The van der Waals surface area contributed by atoms with Crippen molar-refractivity contribution < 1.29 is 0 Å². The Kier molecular flexibility index (Phi) is 5.97. The molecule has 0 spiro atoms. The van der Waals surface area contributed by atoms with E-state index in [4.69, 9.17) is 0 Å². The van der Waals surface area contributed by atoms with E-state index in [0.717, 1.165) is 0 Å². The van der Waals surface area contributed by atoms with Crippen LogP contribution in [0.2, 0.25) is 11.1 Å². The molecule has 0 aliphatic heterocycles. The summed E-state index contributed by atoms with van der Waals surface area (Å²) >= 11 is 0.344. The van der Waals surface area contributed by atoms with Crippen LogP contribution in [0.4, 0.5) is 0 Å². The molecular formula is C6H16AlN. The SMILES string of the molecule is [CH3][AlH][CH2]CCN(C)C. The van der Waals surface area contributed by atoms with Gasteiger partial charge in [0.2, 0.25) is 15.2 Å². The van der Waals surface area contributed by atoms with Crippen molar-refractivity contribution in [2.75, 3.05) is 20.6 Å². The van der Waals surface area contributed by atoms with Gasteiger partial charge >= 0.3 is 0 Å². The van der Waals surface area contributed by atoms with E-state index in [1.165, 1.54) is 18.2 Å². The standard InChI is InChI=1S/C5H12N.CH3.Al.H/c1-4-5-6(2)3;;;/h1,4-5H2,2-3H3;1H3;;. The third-order valence-corrected chi connectivity index (χ3v) is 2.42. The van der Waals surface area contributed by atoms with Gasteiger partial charge in [-0.1, -0.05) is 11.7 Å². The van der Waals surface area contributed by atoms with Gasteiger partial charge in [0.15, 0.2) is 0 Å². The Bertz CT molecular complexity index is 45.8. The smallest absolute Gasteiger partial charge is 0.233 e. The molecular weight excluding hydrogens is 113 g/mol. The van der Waals surface area contributed by atoms with Gasteiger partial charge in [-0.05, 0) is 20.6 Å². The van der Waals surface area contributed by atoms with Crippen LogP contribution in [-0.4, -0.2) is 40.8 Å². The average Bonchev–Trinajstić information content (AvgIpc) is 1.66. The van der Waals surface area contributed by atoms with Crippen LogP contribution in [0.5, 0.6) is 0 Å². The van der Waals surface area contributed by atoms with Crippen molar-refractivity contribution >= 4 is 15.2 Å². The van der Waals surface area contributed by atoms with E-state index >= 15 is 0 Å². The van der Waals surface area contributed by atoms with E-state index in [0.29, 0.717) is 15.2 Å². The fourth-order valence-electron chi connectivity index (χ4n) is 0.678. The van der Waals surface area contributed by atoms with Crippen LogP contribution in [-0.2, 0) is 0 Å². The van der Waals surface area contributed by atoms with E-state index in [1.807, 2.05) is 0 Å². The molecule has 0 atom stereocenters. The maximum Gasteiger partial charge on any atom is 0.233 e. The molecule has 0 bridgehead atoms. The van der Waals surface area contributed by atoms with Crippen LogP contribution >= 0.6 is 0 Å². The van der Waals surface area contributed by atoms with Crippen LogP contribution in [0, 0.1) is 0 Å². The zero-order valence-corrected chi connectivity index (χ0v) is 7.69. The Labute approximate surface area is 58.8 Å². The summed E-state index contributed by atoms with van der Waals surface area (Å²) in [6, 6.07) is 0. The monoisotopic (exact) mass is 129 g/mol. The normalized spacial score (nSPS) is 10.0.